The Labute approximate surface area is 103 Å². The van der Waals surface area contributed by atoms with E-state index in [4.69, 9.17) is 0 Å². The molecule has 7 nitrogen and oxygen atoms in total. The van der Waals surface area contributed by atoms with E-state index < -0.39 is 10.6 Å². The van der Waals surface area contributed by atoms with Gasteiger partial charge in [-0.15, -0.1) is 0 Å². The van der Waals surface area contributed by atoms with Gasteiger partial charge in [-0.05, 0) is 18.4 Å². The molecule has 1 aliphatic carbocycles. The molecule has 1 saturated carbocycles. The molecule has 0 atom stereocenters. The van der Waals surface area contributed by atoms with E-state index in [1.807, 2.05) is 0 Å². The number of aromatic nitrogens is 2. The van der Waals surface area contributed by atoms with Crippen LogP contribution in [0.3, 0.4) is 0 Å². The third-order valence-corrected chi connectivity index (χ3v) is 2.66. The van der Waals surface area contributed by atoms with Crippen LogP contribution in [0.5, 0.6) is 0 Å². The molecule has 1 heterocycles. The highest BCUT2D eigenvalue weighted by Crippen LogP contribution is 2.18. The van der Waals surface area contributed by atoms with Gasteiger partial charge in [0, 0.05) is 19.1 Å². The maximum Gasteiger partial charge on any atom is 0.348 e. The normalized spacial score (nSPS) is 14.4. The lowest BCUT2D eigenvalue weighted by molar-refractivity contribution is -0.385. The average molecular weight is 250 g/mol. The first-order valence-electron chi connectivity index (χ1n) is 5.67. The monoisotopic (exact) mass is 250 g/mol. The van der Waals surface area contributed by atoms with Crippen LogP contribution in [0.15, 0.2) is 29.3 Å². The fraction of sp³-hybridized carbons (Fsp3) is 0.455. The van der Waals surface area contributed by atoms with Crippen molar-refractivity contribution in [1.29, 1.82) is 0 Å². The van der Waals surface area contributed by atoms with Crippen LogP contribution in [0.2, 0.25) is 0 Å². The van der Waals surface area contributed by atoms with E-state index >= 15 is 0 Å². The quantitative estimate of drug-likeness (QED) is 0.450. The number of hydrogen-bond acceptors (Lipinski definition) is 5. The summed E-state index contributed by atoms with van der Waals surface area (Å²) in [6, 6.07) is 0.557. The summed E-state index contributed by atoms with van der Waals surface area (Å²) < 4.78 is 1.20. The Morgan fingerprint density at radius 2 is 2.39 bits per heavy atom. The van der Waals surface area contributed by atoms with E-state index in [0.717, 1.165) is 11.8 Å². The molecule has 1 aromatic heterocycles. The average Bonchev–Trinajstić information content (AvgIpc) is 3.13. The van der Waals surface area contributed by atoms with Crippen LogP contribution in [0.25, 0.3) is 0 Å². The first kappa shape index (κ1) is 12.4. The summed E-state index contributed by atoms with van der Waals surface area (Å²) in [7, 11) is 0. The molecule has 0 aromatic carbocycles. The van der Waals surface area contributed by atoms with Crippen LogP contribution in [0.1, 0.15) is 12.8 Å². The predicted molar refractivity (Wildman–Crippen MR) is 65.3 cm³/mol. The third kappa shape index (κ3) is 3.24. The van der Waals surface area contributed by atoms with E-state index in [2.05, 4.69) is 16.9 Å². The first-order chi connectivity index (χ1) is 8.56. The molecule has 0 amide bonds. The summed E-state index contributed by atoms with van der Waals surface area (Å²) >= 11 is 0. The van der Waals surface area contributed by atoms with Crippen molar-refractivity contribution in [2.24, 2.45) is 0 Å². The van der Waals surface area contributed by atoms with Crippen molar-refractivity contribution in [2.75, 3.05) is 6.54 Å². The number of nitrogens with zero attached hydrogens (tertiary/aromatic N) is 3. The zero-order valence-electron chi connectivity index (χ0n) is 9.83. The van der Waals surface area contributed by atoms with Gasteiger partial charge in [-0.2, -0.15) is 4.98 Å². The summed E-state index contributed by atoms with van der Waals surface area (Å²) in [5, 5.41) is 13.9. The van der Waals surface area contributed by atoms with E-state index in [1.165, 1.54) is 23.6 Å². The molecule has 1 fully saturated rings. The molecule has 7 heteroatoms. The minimum atomic E-state index is -0.575. The van der Waals surface area contributed by atoms with Gasteiger partial charge in [0.1, 0.15) is 6.20 Å². The largest absolute Gasteiger partial charge is 0.348 e. The fourth-order valence-electron chi connectivity index (χ4n) is 1.52. The van der Waals surface area contributed by atoms with Gasteiger partial charge in [-0.1, -0.05) is 6.58 Å². The second-order valence-corrected chi connectivity index (χ2v) is 4.38. The molecule has 1 N–H and O–H groups in total. The number of rotatable bonds is 6. The maximum absolute atomic E-state index is 11.4. The first-order valence-corrected chi connectivity index (χ1v) is 5.67. The molecule has 0 aliphatic heterocycles. The van der Waals surface area contributed by atoms with Crippen LogP contribution < -0.4 is 11.0 Å². The summed E-state index contributed by atoms with van der Waals surface area (Å²) in [6.45, 7) is 4.70. The van der Waals surface area contributed by atoms with Crippen LogP contribution in [0.4, 0.5) is 5.69 Å². The van der Waals surface area contributed by atoms with Gasteiger partial charge in [0.15, 0.2) is 0 Å². The lowest BCUT2D eigenvalue weighted by atomic mass is 10.3. The molecule has 0 radical (unpaired) electrons. The predicted octanol–water partition coefficient (Wildman–Crippen LogP) is 0.460. The van der Waals surface area contributed by atoms with E-state index in [0.29, 0.717) is 12.6 Å². The molecule has 0 spiro atoms. The van der Waals surface area contributed by atoms with E-state index in [-0.39, 0.29) is 12.2 Å². The Hall–Kier alpha value is -2.02. The second kappa shape index (κ2) is 5.09. The number of nitrogens with one attached hydrogen (secondary N) is 1. The lowest BCUT2D eigenvalue weighted by Gasteiger charge is -2.08. The molecule has 1 aromatic rings. The van der Waals surface area contributed by atoms with Crippen LogP contribution in [-0.4, -0.2) is 27.1 Å². The molecule has 18 heavy (non-hydrogen) atoms. The maximum atomic E-state index is 11.4. The molecular weight excluding hydrogens is 236 g/mol. The molecule has 0 bridgehead atoms. The zero-order valence-corrected chi connectivity index (χ0v) is 9.83. The molecule has 1 aliphatic rings. The van der Waals surface area contributed by atoms with Crippen molar-refractivity contribution in [3.63, 3.8) is 0 Å². The van der Waals surface area contributed by atoms with Gasteiger partial charge in [0.2, 0.25) is 0 Å². The minimum absolute atomic E-state index is 0.197. The molecule has 96 valence electrons. The second-order valence-electron chi connectivity index (χ2n) is 4.38. The molecular formula is C11H14N4O3. The molecule has 0 saturated heterocycles. The smallest absolute Gasteiger partial charge is 0.310 e. The Bertz CT molecular complexity index is 533. The van der Waals surface area contributed by atoms with Crippen LogP contribution >= 0.6 is 0 Å². The van der Waals surface area contributed by atoms with Gasteiger partial charge in [-0.25, -0.2) is 4.79 Å². The van der Waals surface area contributed by atoms with E-state index in [9.17, 15) is 14.9 Å². The standard InChI is InChI=1S/C11H14N4O3/c1-8(4-12-9-2-3-9)6-14-7-10(15(17)18)5-13-11(14)16/h5,7,9,12H,1-4,6H2. The van der Waals surface area contributed by atoms with Crippen molar-refractivity contribution in [3.8, 4) is 0 Å². The third-order valence-electron chi connectivity index (χ3n) is 2.66. The minimum Gasteiger partial charge on any atom is -0.310 e. The highest BCUT2D eigenvalue weighted by molar-refractivity contribution is 5.20. The van der Waals surface area contributed by atoms with Gasteiger partial charge >= 0.3 is 11.4 Å². The van der Waals surface area contributed by atoms with Crippen molar-refractivity contribution in [1.82, 2.24) is 14.9 Å². The molecule has 0 unspecified atom stereocenters. The van der Waals surface area contributed by atoms with E-state index in [1.54, 1.807) is 0 Å². The highest BCUT2D eigenvalue weighted by Gasteiger charge is 2.20. The Kier molecular flexibility index (Phi) is 3.52. The molecule has 2 rings (SSSR count). The van der Waals surface area contributed by atoms with Crippen molar-refractivity contribution < 1.29 is 4.92 Å². The van der Waals surface area contributed by atoms with Gasteiger partial charge in [0.05, 0.1) is 11.1 Å². The van der Waals surface area contributed by atoms with Crippen molar-refractivity contribution in [3.05, 3.63) is 45.1 Å². The fourth-order valence-corrected chi connectivity index (χ4v) is 1.52. The summed E-state index contributed by atoms with van der Waals surface area (Å²) in [6.07, 6.45) is 4.50. The number of nitro groups is 1. The zero-order chi connectivity index (χ0) is 13.1. The highest BCUT2D eigenvalue weighted by atomic mass is 16.6. The topological polar surface area (TPSA) is 90.1 Å². The van der Waals surface area contributed by atoms with Gasteiger partial charge in [0.25, 0.3) is 0 Å². The SMILES string of the molecule is C=C(CNC1CC1)Cn1cc([N+](=O)[O-])cnc1=O. The summed E-state index contributed by atoms with van der Waals surface area (Å²) in [4.78, 5) is 24.9. The summed E-state index contributed by atoms with van der Waals surface area (Å²) in [5.74, 6) is 0. The Morgan fingerprint density at radius 3 is 3.00 bits per heavy atom. The van der Waals surface area contributed by atoms with Gasteiger partial charge in [-0.3, -0.25) is 14.7 Å². The van der Waals surface area contributed by atoms with Crippen molar-refractivity contribution in [2.45, 2.75) is 25.4 Å². The van der Waals surface area contributed by atoms with Crippen molar-refractivity contribution >= 4 is 5.69 Å². The van der Waals surface area contributed by atoms with Crippen LogP contribution in [0, 0.1) is 10.1 Å². The van der Waals surface area contributed by atoms with Gasteiger partial charge < -0.3 is 5.32 Å². The van der Waals surface area contributed by atoms with Crippen LogP contribution in [-0.2, 0) is 6.54 Å². The summed E-state index contributed by atoms with van der Waals surface area (Å²) in [5.41, 5.74) is 0.0945. The number of hydrogen-bond donors (Lipinski definition) is 1. The lowest BCUT2D eigenvalue weighted by Crippen LogP contribution is -2.26. The Morgan fingerprint density at radius 1 is 1.67 bits per heavy atom. The Balaban J connectivity index is 2.02.